The highest BCUT2D eigenvalue weighted by Gasteiger charge is 2.17. The van der Waals surface area contributed by atoms with Crippen LogP contribution in [0.3, 0.4) is 0 Å². The minimum absolute atomic E-state index is 0.260. The number of aliphatic carboxylic acids is 1. The first-order valence-corrected chi connectivity index (χ1v) is 11.2. The number of carboxylic acid groups (broad SMARTS) is 1. The van der Waals surface area contributed by atoms with Crippen molar-refractivity contribution in [1.82, 2.24) is 9.66 Å². The molecule has 150 valence electrons. The number of carboxylic acids is 1. The predicted molar refractivity (Wildman–Crippen MR) is 131 cm³/mol. The average Bonchev–Trinajstić information content (AvgIpc) is 2.65. The summed E-state index contributed by atoms with van der Waals surface area (Å²) >= 11 is 7.53. The molecule has 0 fully saturated rings. The van der Waals surface area contributed by atoms with Crippen LogP contribution in [-0.4, -0.2) is 33.1 Å². The quantitative estimate of drug-likeness (QED) is 0.318. The van der Waals surface area contributed by atoms with E-state index in [-0.39, 0.29) is 5.56 Å². The highest BCUT2D eigenvalue weighted by Crippen LogP contribution is 2.29. The van der Waals surface area contributed by atoms with Crippen molar-refractivity contribution >= 4 is 84.2 Å². The Morgan fingerprint density at radius 2 is 1.97 bits per heavy atom. The van der Waals surface area contributed by atoms with Crippen LogP contribution in [0.4, 0.5) is 0 Å². The maximum Gasteiger partial charge on any atom is 0.344 e. The number of benzene rings is 2. The number of carbonyl (C=O) groups is 1. The van der Waals surface area contributed by atoms with Gasteiger partial charge >= 0.3 is 5.97 Å². The number of halogens is 3. The van der Waals surface area contributed by atoms with Crippen molar-refractivity contribution in [2.45, 2.75) is 20.0 Å². The number of hydrogen-bond acceptors (Lipinski definition) is 5. The van der Waals surface area contributed by atoms with E-state index in [2.05, 4.69) is 71.2 Å². The topological polar surface area (TPSA) is 93.8 Å². The number of nitrogens with zero attached hydrogens (tertiary/aromatic N) is 3. The van der Waals surface area contributed by atoms with Crippen LogP contribution >= 0.6 is 61.1 Å². The zero-order valence-electron chi connectivity index (χ0n) is 15.2. The van der Waals surface area contributed by atoms with E-state index in [1.165, 1.54) is 11.6 Å². The lowest BCUT2D eigenvalue weighted by Crippen LogP contribution is -2.23. The summed E-state index contributed by atoms with van der Waals surface area (Å²) in [5, 5.41) is 13.8. The van der Waals surface area contributed by atoms with Gasteiger partial charge in [-0.3, -0.25) is 4.79 Å². The fourth-order valence-corrected chi connectivity index (χ4v) is 4.95. The molecule has 1 atom stereocenters. The Morgan fingerprint density at radius 1 is 1.31 bits per heavy atom. The average molecular weight is 682 g/mol. The molecule has 0 amide bonds. The summed E-state index contributed by atoms with van der Waals surface area (Å²) in [7, 11) is 0. The SMILES string of the molecule is Cc1nc2ccc(Br)cc2c(=O)n1N=Cc1cc(I)c(O[C@H](C)C(=O)O)c(I)c1. The normalized spacial score (nSPS) is 12.4. The lowest BCUT2D eigenvalue weighted by atomic mass is 10.2. The molecule has 1 aromatic heterocycles. The fraction of sp³-hybridized carbons (Fsp3) is 0.158. The van der Waals surface area contributed by atoms with Gasteiger partial charge in [0, 0.05) is 4.47 Å². The summed E-state index contributed by atoms with van der Waals surface area (Å²) in [5.41, 5.74) is 1.10. The Hall–Kier alpha value is -1.54. The first-order chi connectivity index (χ1) is 13.7. The summed E-state index contributed by atoms with van der Waals surface area (Å²) in [6.45, 7) is 3.20. The molecule has 0 spiro atoms. The molecule has 0 bridgehead atoms. The molecule has 0 radical (unpaired) electrons. The number of ether oxygens (including phenoxy) is 1. The van der Waals surface area contributed by atoms with Crippen LogP contribution in [0, 0.1) is 14.1 Å². The summed E-state index contributed by atoms with van der Waals surface area (Å²) in [5.74, 6) is -0.0583. The third-order valence-corrected chi connectivity index (χ3v) is 6.05. The third-order valence-electron chi connectivity index (χ3n) is 3.96. The minimum atomic E-state index is -1.03. The summed E-state index contributed by atoms with van der Waals surface area (Å²) < 4.78 is 9.06. The van der Waals surface area contributed by atoms with Crippen LogP contribution in [0.5, 0.6) is 5.75 Å². The molecule has 10 heteroatoms. The van der Waals surface area contributed by atoms with Crippen molar-refractivity contribution in [1.29, 1.82) is 0 Å². The van der Waals surface area contributed by atoms with Gasteiger partial charge < -0.3 is 9.84 Å². The van der Waals surface area contributed by atoms with Gasteiger partial charge in [0.1, 0.15) is 11.6 Å². The van der Waals surface area contributed by atoms with Crippen molar-refractivity contribution < 1.29 is 14.6 Å². The van der Waals surface area contributed by atoms with Crippen molar-refractivity contribution in [3.8, 4) is 5.75 Å². The lowest BCUT2D eigenvalue weighted by molar-refractivity contribution is -0.144. The minimum Gasteiger partial charge on any atom is -0.479 e. The van der Waals surface area contributed by atoms with E-state index < -0.39 is 12.1 Å². The number of fused-ring (bicyclic) bond motifs is 1. The van der Waals surface area contributed by atoms with Crippen molar-refractivity contribution in [3.05, 3.63) is 63.7 Å². The van der Waals surface area contributed by atoms with Gasteiger partial charge in [-0.15, -0.1) is 0 Å². The van der Waals surface area contributed by atoms with Gasteiger partial charge in [-0.2, -0.15) is 9.78 Å². The molecule has 0 saturated heterocycles. The molecule has 3 aromatic rings. The molecule has 0 aliphatic rings. The molecule has 3 rings (SSSR count). The highest BCUT2D eigenvalue weighted by molar-refractivity contribution is 14.1. The zero-order chi connectivity index (χ0) is 21.3. The molecule has 0 aliphatic heterocycles. The Balaban J connectivity index is 1.98. The maximum absolute atomic E-state index is 12.8. The van der Waals surface area contributed by atoms with Crippen molar-refractivity contribution in [2.24, 2.45) is 5.10 Å². The molecular formula is C19H14BrI2N3O4. The van der Waals surface area contributed by atoms with E-state index in [1.54, 1.807) is 25.3 Å². The Bertz CT molecular complexity index is 1190. The largest absolute Gasteiger partial charge is 0.479 e. The third kappa shape index (κ3) is 4.97. The lowest BCUT2D eigenvalue weighted by Gasteiger charge is -2.14. The number of rotatable bonds is 5. The number of aromatic nitrogens is 2. The second kappa shape index (κ2) is 9.08. The second-order valence-corrected chi connectivity index (χ2v) is 9.33. The summed E-state index contributed by atoms with van der Waals surface area (Å²) in [6, 6.07) is 8.95. The van der Waals surface area contributed by atoms with Crippen molar-refractivity contribution in [2.75, 3.05) is 0 Å². The molecule has 1 N–H and O–H groups in total. The first-order valence-electron chi connectivity index (χ1n) is 8.29. The van der Waals surface area contributed by atoms with Crippen LogP contribution in [-0.2, 0) is 4.79 Å². The molecule has 0 aliphatic carbocycles. The smallest absolute Gasteiger partial charge is 0.344 e. The molecule has 2 aromatic carbocycles. The standard InChI is InChI=1S/C19H14BrI2N3O4/c1-9(19(27)28)29-17-14(21)5-11(6-15(17)22)8-23-25-10(2)24-16-4-3-12(20)7-13(16)18(25)26/h3-9H,1-2H3,(H,27,28)/t9-/m1/s1. The Morgan fingerprint density at radius 3 is 2.59 bits per heavy atom. The predicted octanol–water partition coefficient (Wildman–Crippen LogP) is 4.41. The van der Waals surface area contributed by atoms with Crippen LogP contribution in [0.25, 0.3) is 10.9 Å². The van der Waals surface area contributed by atoms with Crippen molar-refractivity contribution in [3.63, 3.8) is 0 Å². The fourth-order valence-electron chi connectivity index (χ4n) is 2.51. The van der Waals surface area contributed by atoms with Gasteiger partial charge in [0.2, 0.25) is 0 Å². The number of aryl methyl sites for hydroxylation is 1. The van der Waals surface area contributed by atoms with Gasteiger partial charge in [-0.1, -0.05) is 15.9 Å². The maximum atomic E-state index is 12.8. The summed E-state index contributed by atoms with van der Waals surface area (Å²) in [6.07, 6.45) is 0.606. The molecule has 1 heterocycles. The van der Waals surface area contributed by atoms with Crippen LogP contribution in [0.2, 0.25) is 0 Å². The van der Waals surface area contributed by atoms with E-state index >= 15 is 0 Å². The van der Waals surface area contributed by atoms with Crippen LogP contribution in [0.1, 0.15) is 18.3 Å². The van der Waals surface area contributed by atoms with E-state index in [4.69, 9.17) is 9.84 Å². The molecule has 0 saturated carbocycles. The summed E-state index contributed by atoms with van der Waals surface area (Å²) in [4.78, 5) is 28.3. The Labute approximate surface area is 201 Å². The molecular weight excluding hydrogens is 668 g/mol. The van der Waals surface area contributed by atoms with Gasteiger partial charge in [-0.05, 0) is 94.9 Å². The van der Waals surface area contributed by atoms with Gasteiger partial charge in [0.15, 0.2) is 6.10 Å². The highest BCUT2D eigenvalue weighted by atomic mass is 127. The van der Waals surface area contributed by atoms with Gasteiger partial charge in [0.25, 0.3) is 5.56 Å². The van der Waals surface area contributed by atoms with E-state index in [1.807, 2.05) is 18.2 Å². The zero-order valence-corrected chi connectivity index (χ0v) is 21.1. The number of hydrogen-bond donors (Lipinski definition) is 1. The van der Waals surface area contributed by atoms with Gasteiger partial charge in [0.05, 0.1) is 24.3 Å². The molecule has 0 unspecified atom stereocenters. The Kier molecular flexibility index (Phi) is 6.94. The van der Waals surface area contributed by atoms with Crippen LogP contribution in [0.15, 0.2) is 44.7 Å². The first kappa shape index (κ1) is 22.2. The van der Waals surface area contributed by atoms with E-state index in [9.17, 15) is 9.59 Å². The van der Waals surface area contributed by atoms with E-state index in [0.29, 0.717) is 22.5 Å². The molecule has 7 nitrogen and oxygen atoms in total. The van der Waals surface area contributed by atoms with Gasteiger partial charge in [-0.25, -0.2) is 9.78 Å². The van der Waals surface area contributed by atoms with Crippen LogP contribution < -0.4 is 10.3 Å². The van der Waals surface area contributed by atoms with E-state index in [0.717, 1.165) is 17.2 Å². The monoisotopic (exact) mass is 681 g/mol. The second-order valence-electron chi connectivity index (χ2n) is 6.09. The molecule has 29 heavy (non-hydrogen) atoms.